The molecule has 0 unspecified atom stereocenters. The molecule has 0 bridgehead atoms. The zero-order chi connectivity index (χ0) is 20.9. The zero-order valence-electron chi connectivity index (χ0n) is 16.9. The molecule has 160 valence electrons. The van der Waals surface area contributed by atoms with E-state index in [1.54, 1.807) is 47.0 Å². The molecule has 2 aromatic rings. The van der Waals surface area contributed by atoms with E-state index in [4.69, 9.17) is 4.74 Å². The Kier molecular flexibility index (Phi) is 5.11. The normalized spacial score (nSPS) is 27.1. The number of hydrogen-bond donors (Lipinski definition) is 0. The Bertz CT molecular complexity index is 1020. The van der Waals surface area contributed by atoms with Crippen molar-refractivity contribution in [2.24, 2.45) is 11.8 Å². The lowest BCUT2D eigenvalue weighted by molar-refractivity contribution is -0.134. The van der Waals surface area contributed by atoms with Crippen molar-refractivity contribution in [3.8, 4) is 5.75 Å². The van der Waals surface area contributed by atoms with Gasteiger partial charge in [0.1, 0.15) is 5.75 Å². The Balaban J connectivity index is 1.42. The summed E-state index contributed by atoms with van der Waals surface area (Å²) < 4.78 is 33.4. The van der Waals surface area contributed by atoms with Gasteiger partial charge in [-0.2, -0.15) is 15.6 Å². The van der Waals surface area contributed by atoms with Gasteiger partial charge >= 0.3 is 0 Å². The van der Waals surface area contributed by atoms with Gasteiger partial charge in [-0.15, -0.1) is 0 Å². The van der Waals surface area contributed by atoms with Gasteiger partial charge in [-0.25, -0.2) is 8.42 Å². The van der Waals surface area contributed by atoms with Crippen molar-refractivity contribution in [1.82, 2.24) is 9.21 Å². The number of rotatable bonds is 5. The van der Waals surface area contributed by atoms with Crippen LogP contribution in [0.4, 0.5) is 0 Å². The maximum atomic E-state index is 13.3. The number of fused-ring (bicyclic) bond motifs is 1. The highest BCUT2D eigenvalue weighted by atomic mass is 32.2. The summed E-state index contributed by atoms with van der Waals surface area (Å²) in [5.74, 6) is 1.42. The molecule has 5 rings (SSSR count). The SMILES string of the molecule is COc1ccc(S(=O)(=O)N2CC[C@H]3[C@@H](C2)[C@H](c2ccsc2)CN3C(=O)C2CC2)cc1. The molecule has 2 aliphatic heterocycles. The second-order valence-corrected chi connectivity index (χ2v) is 11.2. The third-order valence-electron chi connectivity index (χ3n) is 6.77. The number of carbonyl (C=O) groups is 1. The van der Waals surface area contributed by atoms with Crippen LogP contribution in [-0.4, -0.2) is 56.3 Å². The van der Waals surface area contributed by atoms with Crippen molar-refractivity contribution in [3.05, 3.63) is 46.7 Å². The number of nitrogens with zero attached hydrogens (tertiary/aromatic N) is 2. The monoisotopic (exact) mass is 446 g/mol. The molecule has 3 aliphatic rings. The predicted octanol–water partition coefficient (Wildman–Crippen LogP) is 3.17. The number of piperidine rings is 1. The average Bonchev–Trinajstić information content (AvgIpc) is 3.34. The summed E-state index contributed by atoms with van der Waals surface area (Å²) in [7, 11) is -2.02. The Labute approximate surface area is 181 Å². The first-order chi connectivity index (χ1) is 14.5. The highest BCUT2D eigenvalue weighted by Gasteiger charge is 2.50. The van der Waals surface area contributed by atoms with Gasteiger partial charge in [0.25, 0.3) is 0 Å². The number of thiophene rings is 1. The van der Waals surface area contributed by atoms with E-state index in [1.165, 1.54) is 5.56 Å². The highest BCUT2D eigenvalue weighted by molar-refractivity contribution is 7.89. The van der Waals surface area contributed by atoms with Crippen LogP contribution in [0.5, 0.6) is 5.75 Å². The molecule has 3 heterocycles. The van der Waals surface area contributed by atoms with Crippen molar-refractivity contribution in [2.75, 3.05) is 26.7 Å². The average molecular weight is 447 g/mol. The van der Waals surface area contributed by atoms with Crippen molar-refractivity contribution in [1.29, 1.82) is 0 Å². The number of ether oxygens (including phenoxy) is 1. The van der Waals surface area contributed by atoms with E-state index < -0.39 is 10.0 Å². The van der Waals surface area contributed by atoms with Crippen LogP contribution in [0.15, 0.2) is 46.0 Å². The molecule has 3 fully saturated rings. The van der Waals surface area contributed by atoms with Gasteiger partial charge in [0.2, 0.25) is 15.9 Å². The fourth-order valence-corrected chi connectivity index (χ4v) is 7.19. The number of amides is 1. The van der Waals surface area contributed by atoms with E-state index in [0.29, 0.717) is 31.8 Å². The van der Waals surface area contributed by atoms with Crippen LogP contribution in [0.1, 0.15) is 30.7 Å². The molecule has 1 saturated carbocycles. The molecule has 8 heteroatoms. The van der Waals surface area contributed by atoms with Crippen molar-refractivity contribution in [3.63, 3.8) is 0 Å². The molecule has 1 aromatic heterocycles. The lowest BCUT2D eigenvalue weighted by Gasteiger charge is -2.38. The molecular formula is C22H26N2O4S2. The molecule has 0 radical (unpaired) electrons. The molecule has 3 atom stereocenters. The van der Waals surface area contributed by atoms with Gasteiger partial charge in [-0.05, 0) is 65.9 Å². The Hall–Kier alpha value is -1.90. The van der Waals surface area contributed by atoms with Crippen molar-refractivity contribution < 1.29 is 17.9 Å². The summed E-state index contributed by atoms with van der Waals surface area (Å²) in [5, 5.41) is 4.20. The molecule has 0 spiro atoms. The predicted molar refractivity (Wildman–Crippen MR) is 115 cm³/mol. The van der Waals surface area contributed by atoms with E-state index in [1.807, 2.05) is 0 Å². The number of sulfonamides is 1. The first-order valence-corrected chi connectivity index (χ1v) is 12.8. The third-order valence-corrected chi connectivity index (χ3v) is 9.35. The number of hydrogen-bond acceptors (Lipinski definition) is 5. The summed E-state index contributed by atoms with van der Waals surface area (Å²) >= 11 is 1.65. The Morgan fingerprint density at radius 2 is 1.87 bits per heavy atom. The maximum absolute atomic E-state index is 13.3. The van der Waals surface area contributed by atoms with E-state index in [9.17, 15) is 13.2 Å². The van der Waals surface area contributed by atoms with Crippen LogP contribution in [0.2, 0.25) is 0 Å². The van der Waals surface area contributed by atoms with Gasteiger partial charge < -0.3 is 9.64 Å². The van der Waals surface area contributed by atoms with Crippen molar-refractivity contribution in [2.45, 2.75) is 36.1 Å². The molecule has 6 nitrogen and oxygen atoms in total. The first-order valence-electron chi connectivity index (χ1n) is 10.5. The fraction of sp³-hybridized carbons (Fsp3) is 0.500. The topological polar surface area (TPSA) is 66.9 Å². The molecule has 30 heavy (non-hydrogen) atoms. The molecule has 0 N–H and O–H groups in total. The molecule has 1 aliphatic carbocycles. The van der Waals surface area contributed by atoms with E-state index >= 15 is 0 Å². The Morgan fingerprint density at radius 3 is 2.50 bits per heavy atom. The standard InChI is InChI=1S/C22H26N2O4S2/c1-28-17-4-6-18(7-5-17)30(26,27)23-10-8-21-20(12-23)19(16-9-11-29-14-16)13-24(21)22(25)15-2-3-15/h4-7,9,11,14-15,19-21H,2-3,8,10,12-13H2,1H3/t19-,20-,21-/m0/s1. The fourth-order valence-electron chi connectivity index (χ4n) is 4.98. The quantitative estimate of drug-likeness (QED) is 0.708. The molecule has 1 amide bonds. The van der Waals surface area contributed by atoms with Crippen LogP contribution in [-0.2, 0) is 14.8 Å². The number of carbonyl (C=O) groups excluding carboxylic acids is 1. The van der Waals surface area contributed by atoms with Gasteiger partial charge in [-0.3, -0.25) is 4.79 Å². The summed E-state index contributed by atoms with van der Waals surface area (Å²) in [4.78, 5) is 15.3. The summed E-state index contributed by atoms with van der Waals surface area (Å²) in [6.07, 6.45) is 2.68. The zero-order valence-corrected chi connectivity index (χ0v) is 18.6. The third kappa shape index (κ3) is 3.44. The van der Waals surface area contributed by atoms with Gasteiger partial charge in [0.05, 0.1) is 12.0 Å². The molecular weight excluding hydrogens is 420 g/mol. The largest absolute Gasteiger partial charge is 0.497 e. The number of likely N-dealkylation sites (tertiary alicyclic amines) is 1. The minimum atomic E-state index is -3.58. The summed E-state index contributed by atoms with van der Waals surface area (Å²) in [6.45, 7) is 1.60. The van der Waals surface area contributed by atoms with E-state index in [0.717, 1.165) is 12.8 Å². The second-order valence-electron chi connectivity index (χ2n) is 8.49. The minimum Gasteiger partial charge on any atom is -0.497 e. The van der Waals surface area contributed by atoms with Crippen LogP contribution in [0.3, 0.4) is 0 Å². The van der Waals surface area contributed by atoms with Gasteiger partial charge in [-0.1, -0.05) is 0 Å². The number of methoxy groups -OCH3 is 1. The smallest absolute Gasteiger partial charge is 0.243 e. The van der Waals surface area contributed by atoms with Crippen LogP contribution in [0.25, 0.3) is 0 Å². The second kappa shape index (κ2) is 7.66. The van der Waals surface area contributed by atoms with Gasteiger partial charge in [0, 0.05) is 43.4 Å². The molecule has 2 saturated heterocycles. The van der Waals surface area contributed by atoms with Crippen LogP contribution >= 0.6 is 11.3 Å². The van der Waals surface area contributed by atoms with E-state index in [-0.39, 0.29) is 34.6 Å². The van der Waals surface area contributed by atoms with Crippen LogP contribution in [0, 0.1) is 11.8 Å². The minimum absolute atomic E-state index is 0.129. The maximum Gasteiger partial charge on any atom is 0.243 e. The van der Waals surface area contributed by atoms with Gasteiger partial charge in [0.15, 0.2) is 0 Å². The lowest BCUT2D eigenvalue weighted by atomic mass is 9.83. The van der Waals surface area contributed by atoms with Crippen molar-refractivity contribution >= 4 is 27.3 Å². The highest BCUT2D eigenvalue weighted by Crippen LogP contribution is 2.45. The summed E-state index contributed by atoms with van der Waals surface area (Å²) in [6, 6.07) is 8.82. The molecule has 1 aromatic carbocycles. The number of benzene rings is 1. The van der Waals surface area contributed by atoms with Crippen LogP contribution < -0.4 is 4.74 Å². The summed E-state index contributed by atoms with van der Waals surface area (Å²) in [5.41, 5.74) is 1.23. The first kappa shape index (κ1) is 20.0. The lowest BCUT2D eigenvalue weighted by Crippen LogP contribution is -2.49. The van der Waals surface area contributed by atoms with E-state index in [2.05, 4.69) is 21.7 Å². The Morgan fingerprint density at radius 1 is 1.10 bits per heavy atom.